The third-order valence-electron chi connectivity index (χ3n) is 8.83. The van der Waals surface area contributed by atoms with Gasteiger partial charge in [-0.1, -0.05) is 11.3 Å². The van der Waals surface area contributed by atoms with E-state index in [1.807, 2.05) is 0 Å². The fourth-order valence-electron chi connectivity index (χ4n) is 6.73. The van der Waals surface area contributed by atoms with E-state index in [2.05, 4.69) is 25.2 Å². The maximum atomic E-state index is 16.6. The van der Waals surface area contributed by atoms with Crippen LogP contribution in [0.1, 0.15) is 31.2 Å². The molecule has 4 aromatic rings. The number of halogens is 5. The first kappa shape index (κ1) is 29.3. The molecule has 0 aliphatic carbocycles. The van der Waals surface area contributed by atoms with Crippen LogP contribution >= 0.6 is 11.3 Å². The van der Waals surface area contributed by atoms with Crippen molar-refractivity contribution >= 4 is 37.6 Å². The van der Waals surface area contributed by atoms with Crippen molar-refractivity contribution in [3.05, 3.63) is 35.4 Å². The van der Waals surface area contributed by atoms with Crippen LogP contribution in [0.25, 0.3) is 32.2 Å². The van der Waals surface area contributed by atoms with E-state index >= 15 is 4.39 Å². The Bertz CT molecular complexity index is 1750. The van der Waals surface area contributed by atoms with Crippen LogP contribution in [0, 0.1) is 11.6 Å². The lowest BCUT2D eigenvalue weighted by molar-refractivity contribution is -0.137. The van der Waals surface area contributed by atoms with E-state index in [4.69, 9.17) is 19.9 Å². The Morgan fingerprint density at radius 2 is 2.00 bits per heavy atom. The molecule has 2 aromatic heterocycles. The molecule has 3 fully saturated rings. The van der Waals surface area contributed by atoms with Crippen LogP contribution < -0.4 is 20.5 Å². The molecule has 3 aliphatic heterocycles. The first-order valence-electron chi connectivity index (χ1n) is 14.3. The molecular formula is C29H29F5N6O3S. The summed E-state index contributed by atoms with van der Waals surface area (Å²) in [6.07, 6.45) is -2.19. The number of nitrogen functional groups attached to an aromatic ring is 1. The molecule has 0 amide bonds. The second kappa shape index (κ2) is 10.9. The number of hydrogen-bond donors (Lipinski definition) is 2. The molecule has 3 N–H and O–H groups in total. The number of fused-ring (bicyclic) bond motifs is 3. The summed E-state index contributed by atoms with van der Waals surface area (Å²) in [4.78, 5) is 15.0. The van der Waals surface area contributed by atoms with Gasteiger partial charge in [-0.25, -0.2) is 13.8 Å². The van der Waals surface area contributed by atoms with E-state index in [-0.39, 0.29) is 56.4 Å². The number of alkyl halides is 3. The van der Waals surface area contributed by atoms with Crippen molar-refractivity contribution in [1.29, 1.82) is 0 Å². The zero-order valence-corrected chi connectivity index (χ0v) is 24.5. The van der Waals surface area contributed by atoms with Crippen LogP contribution in [-0.4, -0.2) is 77.5 Å². The van der Waals surface area contributed by atoms with E-state index in [1.165, 1.54) is 0 Å². The summed E-state index contributed by atoms with van der Waals surface area (Å²) in [6.45, 7) is 2.93. The highest BCUT2D eigenvalue weighted by Gasteiger charge is 2.49. The van der Waals surface area contributed by atoms with Gasteiger partial charge in [-0.05, 0) is 57.0 Å². The maximum Gasteiger partial charge on any atom is 0.417 e. The summed E-state index contributed by atoms with van der Waals surface area (Å²) in [5.74, 6) is -2.22. The van der Waals surface area contributed by atoms with E-state index < -0.39 is 40.6 Å². The van der Waals surface area contributed by atoms with Crippen molar-refractivity contribution in [3.8, 4) is 23.0 Å². The SMILES string of the molecule is CO[C@H]1CN2CCC[C@]2(COc2nc(O[C@@H]3CCNC3)c3cc(C(F)(F)F)c(-c4ccc(F)c5sc(N)nc45)c(F)c3n2)C1. The molecule has 0 bridgehead atoms. The third kappa shape index (κ3) is 4.99. The fraction of sp³-hybridized carbons (Fsp3) is 0.483. The number of methoxy groups -OCH3 is 1. The van der Waals surface area contributed by atoms with Crippen molar-refractivity contribution < 1.29 is 36.2 Å². The van der Waals surface area contributed by atoms with Crippen LogP contribution in [0.2, 0.25) is 0 Å². The zero-order chi connectivity index (χ0) is 30.8. The minimum Gasteiger partial charge on any atom is -0.472 e. The van der Waals surface area contributed by atoms with Crippen LogP contribution in [0.4, 0.5) is 27.1 Å². The van der Waals surface area contributed by atoms with Crippen molar-refractivity contribution in [1.82, 2.24) is 25.2 Å². The number of rotatable bonds is 7. The molecule has 44 heavy (non-hydrogen) atoms. The Morgan fingerprint density at radius 3 is 2.75 bits per heavy atom. The van der Waals surface area contributed by atoms with E-state index in [0.29, 0.717) is 19.5 Å². The highest BCUT2D eigenvalue weighted by molar-refractivity contribution is 7.22. The van der Waals surface area contributed by atoms with Gasteiger partial charge >= 0.3 is 12.2 Å². The van der Waals surface area contributed by atoms with Gasteiger partial charge in [0.15, 0.2) is 10.9 Å². The summed E-state index contributed by atoms with van der Waals surface area (Å²) in [5, 5.41) is 2.81. The molecule has 3 saturated heterocycles. The van der Waals surface area contributed by atoms with Gasteiger partial charge < -0.3 is 25.3 Å². The van der Waals surface area contributed by atoms with Gasteiger partial charge in [0.05, 0.1) is 32.8 Å². The number of nitrogens with zero attached hydrogens (tertiary/aromatic N) is 4. The lowest BCUT2D eigenvalue weighted by Crippen LogP contribution is -2.43. The zero-order valence-electron chi connectivity index (χ0n) is 23.6. The van der Waals surface area contributed by atoms with Gasteiger partial charge in [-0.15, -0.1) is 0 Å². The average Bonchev–Trinajstić information content (AvgIpc) is 3.77. The minimum absolute atomic E-state index is 0.0401. The molecule has 3 atom stereocenters. The van der Waals surface area contributed by atoms with Gasteiger partial charge in [-0.2, -0.15) is 23.1 Å². The number of nitrogens with one attached hydrogen (secondary N) is 1. The Kier molecular flexibility index (Phi) is 7.26. The largest absolute Gasteiger partial charge is 0.472 e. The predicted octanol–water partition coefficient (Wildman–Crippen LogP) is 5.16. The lowest BCUT2D eigenvalue weighted by atomic mass is 9.94. The lowest BCUT2D eigenvalue weighted by Gasteiger charge is -2.31. The number of nitrogens with two attached hydrogens (primary N) is 1. The van der Waals surface area contributed by atoms with Gasteiger partial charge in [0.2, 0.25) is 5.88 Å². The van der Waals surface area contributed by atoms with E-state index in [0.717, 1.165) is 61.9 Å². The second-order valence-corrected chi connectivity index (χ2v) is 12.5. The van der Waals surface area contributed by atoms with Gasteiger partial charge in [0.1, 0.15) is 24.0 Å². The van der Waals surface area contributed by atoms with Gasteiger partial charge in [-0.3, -0.25) is 4.90 Å². The summed E-state index contributed by atoms with van der Waals surface area (Å²) >= 11 is 0.764. The molecule has 234 valence electrons. The van der Waals surface area contributed by atoms with E-state index in [9.17, 15) is 17.6 Å². The summed E-state index contributed by atoms with van der Waals surface area (Å²) in [7, 11) is 1.67. The Labute approximate surface area is 252 Å². The summed E-state index contributed by atoms with van der Waals surface area (Å²) in [6, 6.07) is 2.60. The highest BCUT2D eigenvalue weighted by Crippen LogP contribution is 2.46. The van der Waals surface area contributed by atoms with Crippen molar-refractivity contribution in [2.24, 2.45) is 0 Å². The highest BCUT2D eigenvalue weighted by atomic mass is 32.1. The van der Waals surface area contributed by atoms with Crippen molar-refractivity contribution in [3.63, 3.8) is 0 Å². The van der Waals surface area contributed by atoms with Crippen LogP contribution in [0.3, 0.4) is 0 Å². The number of benzene rings is 2. The number of aromatic nitrogens is 3. The number of hydrogen-bond acceptors (Lipinski definition) is 10. The summed E-state index contributed by atoms with van der Waals surface area (Å²) in [5.41, 5.74) is 2.48. The van der Waals surface area contributed by atoms with E-state index in [1.54, 1.807) is 7.11 Å². The molecular weight excluding hydrogens is 607 g/mol. The Balaban J connectivity index is 1.39. The average molecular weight is 637 g/mol. The first-order chi connectivity index (χ1) is 21.1. The topological polar surface area (TPSA) is 108 Å². The van der Waals surface area contributed by atoms with Crippen molar-refractivity contribution in [2.45, 2.75) is 49.6 Å². The smallest absolute Gasteiger partial charge is 0.417 e. The first-order valence-corrected chi connectivity index (χ1v) is 15.1. The third-order valence-corrected chi connectivity index (χ3v) is 9.72. The van der Waals surface area contributed by atoms with Gasteiger partial charge in [0.25, 0.3) is 0 Å². The second-order valence-electron chi connectivity index (χ2n) is 11.5. The molecule has 15 heteroatoms. The standard InChI is InChI=1S/C29H29F5N6O3S/c1-41-15-10-28(6-2-8-40(28)12-15)13-42-27-38-22-17(25(39-27)43-14-5-7-36-11-14)9-18(29(32,33)34)20(21(22)31)16-3-4-19(30)24-23(16)37-26(35)44-24/h3-4,9,14-15,36H,2,5-8,10-13H2,1H3,(H2,35,37)/t14-,15-,28-/m1/s1. The van der Waals surface area contributed by atoms with Crippen LogP contribution in [-0.2, 0) is 10.9 Å². The molecule has 0 saturated carbocycles. The molecule has 3 aliphatic rings. The number of thiazole rings is 1. The maximum absolute atomic E-state index is 16.6. The molecule has 7 rings (SSSR count). The Morgan fingerprint density at radius 1 is 1.16 bits per heavy atom. The van der Waals surface area contributed by atoms with Crippen molar-refractivity contribution in [2.75, 3.05) is 45.6 Å². The quantitative estimate of drug-likeness (QED) is 0.266. The minimum atomic E-state index is -5.00. The molecule has 0 radical (unpaired) electrons. The Hall–Kier alpha value is -3.40. The predicted molar refractivity (Wildman–Crippen MR) is 154 cm³/mol. The molecule has 9 nitrogen and oxygen atoms in total. The number of anilines is 1. The molecule has 0 spiro atoms. The molecule has 0 unspecified atom stereocenters. The van der Waals surface area contributed by atoms with Gasteiger partial charge in [0, 0.05) is 31.3 Å². The van der Waals surface area contributed by atoms with Crippen LogP contribution in [0.5, 0.6) is 11.9 Å². The fourth-order valence-corrected chi connectivity index (χ4v) is 7.49. The molecule has 2 aromatic carbocycles. The monoisotopic (exact) mass is 636 g/mol. The normalized spacial score (nSPS) is 24.0. The number of ether oxygens (including phenoxy) is 3. The van der Waals surface area contributed by atoms with Crippen LogP contribution in [0.15, 0.2) is 18.2 Å². The molecule has 5 heterocycles. The summed E-state index contributed by atoms with van der Waals surface area (Å²) < 4.78 is 92.7.